The van der Waals surface area contributed by atoms with Gasteiger partial charge in [-0.2, -0.15) is 0 Å². The van der Waals surface area contributed by atoms with Gasteiger partial charge in [0.1, 0.15) is 17.4 Å². The van der Waals surface area contributed by atoms with Crippen LogP contribution in [0.1, 0.15) is 43.5 Å². The summed E-state index contributed by atoms with van der Waals surface area (Å²) in [6.45, 7) is 5.67. The van der Waals surface area contributed by atoms with Gasteiger partial charge in [-0.1, -0.05) is 54.9 Å². The molecule has 3 aromatic carbocycles. The minimum Gasteiger partial charge on any atom is -0.495 e. The lowest BCUT2D eigenvalue weighted by atomic mass is 9.81. The number of ether oxygens (including phenoxy) is 1. The summed E-state index contributed by atoms with van der Waals surface area (Å²) >= 11 is 14.1. The van der Waals surface area contributed by atoms with Crippen molar-refractivity contribution >= 4 is 45.0 Å². The molecule has 7 nitrogen and oxygen atoms in total. The summed E-state index contributed by atoms with van der Waals surface area (Å²) in [6, 6.07) is 13.6. The zero-order valence-corrected chi connectivity index (χ0v) is 29.4. The number of rotatable bonds is 10. The molecule has 1 aromatic heterocycles. The van der Waals surface area contributed by atoms with Crippen LogP contribution in [0.3, 0.4) is 0 Å². The molecular formula is C33H37Cl2F2N4O3S2+. The van der Waals surface area contributed by atoms with Gasteiger partial charge < -0.3 is 9.22 Å². The number of halogens is 4. The molecule has 1 unspecified atom stereocenters. The van der Waals surface area contributed by atoms with E-state index < -0.39 is 21.3 Å². The lowest BCUT2D eigenvalue weighted by molar-refractivity contribution is -0.895. The van der Waals surface area contributed by atoms with Crippen molar-refractivity contribution in [2.24, 2.45) is 0 Å². The minimum atomic E-state index is -3.99. The third kappa shape index (κ3) is 7.40. The van der Waals surface area contributed by atoms with E-state index in [1.807, 2.05) is 30.5 Å². The number of hydrogen-bond acceptors (Lipinski definition) is 5. The SMILES string of the molecule is COc1cc(C(C)(C)c2cnc(SCc3c(F)cc(S(=O)(=O)NC4CCC[N+](C)(C)C4)cc3Cl)n2-c2ccc(F)cc2)ccc1Cl. The van der Waals surface area contributed by atoms with Gasteiger partial charge in [0, 0.05) is 27.4 Å². The molecule has 0 radical (unpaired) electrons. The Morgan fingerprint density at radius 1 is 1.09 bits per heavy atom. The zero-order chi connectivity index (χ0) is 33.4. The van der Waals surface area contributed by atoms with Crippen molar-refractivity contribution in [1.82, 2.24) is 14.3 Å². The summed E-state index contributed by atoms with van der Waals surface area (Å²) < 4.78 is 66.7. The van der Waals surface area contributed by atoms with Crippen molar-refractivity contribution in [3.63, 3.8) is 0 Å². The van der Waals surface area contributed by atoms with E-state index >= 15 is 4.39 Å². The molecule has 1 fully saturated rings. The second-order valence-corrected chi connectivity index (χ2v) is 16.1. The van der Waals surface area contributed by atoms with Crippen LogP contribution in [0.4, 0.5) is 8.78 Å². The van der Waals surface area contributed by atoms with Gasteiger partial charge in [-0.05, 0) is 66.9 Å². The fourth-order valence-corrected chi connectivity index (χ4v) is 8.79. The number of likely N-dealkylation sites (tertiary alicyclic amines) is 1. The lowest BCUT2D eigenvalue weighted by Gasteiger charge is -2.38. The molecule has 2 heterocycles. The highest BCUT2D eigenvalue weighted by Gasteiger charge is 2.33. The molecule has 1 aliphatic rings. The highest BCUT2D eigenvalue weighted by Crippen LogP contribution is 2.40. The Kier molecular flexibility index (Phi) is 10.1. The number of sulfonamides is 1. The Hall–Kier alpha value is -2.67. The van der Waals surface area contributed by atoms with Crippen LogP contribution in [0.5, 0.6) is 5.75 Å². The van der Waals surface area contributed by atoms with Gasteiger partial charge in [-0.3, -0.25) is 4.57 Å². The maximum atomic E-state index is 15.5. The van der Waals surface area contributed by atoms with E-state index in [1.165, 1.54) is 30.0 Å². The van der Waals surface area contributed by atoms with Gasteiger partial charge in [-0.25, -0.2) is 26.9 Å². The predicted molar refractivity (Wildman–Crippen MR) is 180 cm³/mol. The van der Waals surface area contributed by atoms with Gasteiger partial charge in [-0.15, -0.1) is 0 Å². The zero-order valence-electron chi connectivity index (χ0n) is 26.3. The van der Waals surface area contributed by atoms with Crippen molar-refractivity contribution in [3.05, 3.63) is 99.3 Å². The van der Waals surface area contributed by atoms with E-state index in [-0.39, 0.29) is 33.1 Å². The molecule has 0 spiro atoms. The summed E-state index contributed by atoms with van der Waals surface area (Å²) in [5.74, 6) is -0.512. The first-order chi connectivity index (χ1) is 21.6. The smallest absolute Gasteiger partial charge is 0.241 e. The summed E-state index contributed by atoms with van der Waals surface area (Å²) in [4.78, 5) is 4.46. The van der Waals surface area contributed by atoms with E-state index in [0.29, 0.717) is 32.6 Å². The molecule has 0 aliphatic carbocycles. The van der Waals surface area contributed by atoms with Gasteiger partial charge in [0.25, 0.3) is 0 Å². The second-order valence-electron chi connectivity index (χ2n) is 12.7. The molecule has 0 bridgehead atoms. The van der Waals surface area contributed by atoms with Gasteiger partial charge in [0.2, 0.25) is 10.0 Å². The highest BCUT2D eigenvalue weighted by molar-refractivity contribution is 7.98. The third-order valence-electron chi connectivity index (χ3n) is 8.45. The van der Waals surface area contributed by atoms with E-state index in [9.17, 15) is 12.8 Å². The number of nitrogens with one attached hydrogen (secondary N) is 1. The van der Waals surface area contributed by atoms with E-state index in [1.54, 1.807) is 31.5 Å². The fourth-order valence-electron chi connectivity index (χ4n) is 5.85. The standard InChI is InChI=1S/C33H37Cl2F2N4O3S2/c1-33(2,21-8-13-27(34)30(15-21)44-5)31-18-38-32(40(31)24-11-9-22(36)10-12-24)45-20-26-28(35)16-25(17-29(26)37)46(42,43)39-23-7-6-14-41(3,4)19-23/h8-13,15-18,23,39H,6-7,14,19-20H2,1-5H3/q+1. The van der Waals surface area contributed by atoms with Crippen LogP contribution in [0, 0.1) is 11.6 Å². The molecule has 1 N–H and O–H groups in total. The normalized spacial score (nSPS) is 16.8. The summed E-state index contributed by atoms with van der Waals surface area (Å²) in [5.41, 5.74) is 1.89. The predicted octanol–water partition coefficient (Wildman–Crippen LogP) is 7.60. The van der Waals surface area contributed by atoms with Crippen LogP contribution in [0.2, 0.25) is 10.0 Å². The summed E-state index contributed by atoms with van der Waals surface area (Å²) in [7, 11) is 1.68. The number of likely N-dealkylation sites (N-methyl/N-ethyl adjacent to an activating group) is 1. The fraction of sp³-hybridized carbons (Fsp3) is 0.364. The van der Waals surface area contributed by atoms with Crippen molar-refractivity contribution in [2.75, 3.05) is 34.3 Å². The summed E-state index contributed by atoms with van der Waals surface area (Å²) in [5, 5.41) is 1.000. The number of quaternary nitrogens is 1. The molecule has 4 aromatic rings. The molecular weight excluding hydrogens is 673 g/mol. The average molecular weight is 711 g/mol. The first-order valence-electron chi connectivity index (χ1n) is 14.7. The number of methoxy groups -OCH3 is 1. The van der Waals surface area contributed by atoms with Crippen molar-refractivity contribution in [2.45, 2.75) is 54.0 Å². The Morgan fingerprint density at radius 3 is 2.46 bits per heavy atom. The Labute approximate surface area is 283 Å². The highest BCUT2D eigenvalue weighted by atomic mass is 35.5. The molecule has 0 saturated carbocycles. The maximum Gasteiger partial charge on any atom is 0.241 e. The van der Waals surface area contributed by atoms with Gasteiger partial charge in [0.15, 0.2) is 5.16 Å². The topological polar surface area (TPSA) is 73.2 Å². The Bertz CT molecular complexity index is 1830. The van der Waals surface area contributed by atoms with Gasteiger partial charge >= 0.3 is 0 Å². The van der Waals surface area contributed by atoms with Crippen molar-refractivity contribution in [1.29, 1.82) is 0 Å². The Morgan fingerprint density at radius 2 is 1.80 bits per heavy atom. The van der Waals surface area contributed by atoms with Crippen LogP contribution in [-0.2, 0) is 21.2 Å². The molecule has 5 rings (SSSR count). The monoisotopic (exact) mass is 709 g/mol. The van der Waals surface area contributed by atoms with Crippen molar-refractivity contribution in [3.8, 4) is 11.4 Å². The average Bonchev–Trinajstić information content (AvgIpc) is 3.41. The van der Waals surface area contributed by atoms with E-state index in [0.717, 1.165) is 36.7 Å². The molecule has 1 saturated heterocycles. The third-order valence-corrected chi connectivity index (χ3v) is 11.6. The number of thioether (sulfide) groups is 1. The number of nitrogens with zero attached hydrogens (tertiary/aromatic N) is 3. The van der Waals surface area contributed by atoms with Crippen LogP contribution in [0.15, 0.2) is 70.8 Å². The van der Waals surface area contributed by atoms with Crippen molar-refractivity contribution < 1.29 is 26.4 Å². The summed E-state index contributed by atoms with van der Waals surface area (Å²) in [6.07, 6.45) is 3.35. The number of hydrogen-bond donors (Lipinski definition) is 1. The molecule has 1 atom stereocenters. The maximum absolute atomic E-state index is 15.5. The first-order valence-corrected chi connectivity index (χ1v) is 18.0. The molecule has 13 heteroatoms. The first kappa shape index (κ1) is 34.7. The van der Waals surface area contributed by atoms with Gasteiger partial charge in [0.05, 0.1) is 62.1 Å². The van der Waals surface area contributed by atoms with Crippen LogP contribution in [-0.4, -0.2) is 62.8 Å². The number of piperidine rings is 1. The second kappa shape index (κ2) is 13.4. The van der Waals surface area contributed by atoms with E-state index in [4.69, 9.17) is 27.9 Å². The lowest BCUT2D eigenvalue weighted by Crippen LogP contribution is -2.54. The quantitative estimate of drug-likeness (QED) is 0.136. The number of aromatic nitrogens is 2. The number of benzene rings is 3. The molecule has 246 valence electrons. The van der Waals surface area contributed by atoms with Crippen LogP contribution in [0.25, 0.3) is 5.69 Å². The number of imidazole rings is 1. The Balaban J connectivity index is 1.45. The molecule has 0 amide bonds. The van der Waals surface area contributed by atoms with E-state index in [2.05, 4.69) is 23.8 Å². The largest absolute Gasteiger partial charge is 0.495 e. The molecule has 46 heavy (non-hydrogen) atoms. The van der Waals surface area contributed by atoms with Crippen LogP contribution < -0.4 is 9.46 Å². The van der Waals surface area contributed by atoms with Crippen LogP contribution >= 0.6 is 35.0 Å². The molecule has 1 aliphatic heterocycles. The minimum absolute atomic E-state index is 0.00123.